The Morgan fingerprint density at radius 1 is 1.50 bits per heavy atom. The maximum Gasteiger partial charge on any atom is 0.183 e. The van der Waals surface area contributed by atoms with E-state index in [1.165, 1.54) is 0 Å². The molecule has 0 fully saturated rings. The van der Waals surface area contributed by atoms with Gasteiger partial charge in [0.25, 0.3) is 0 Å². The molecule has 0 saturated heterocycles. The smallest absolute Gasteiger partial charge is 0.183 e. The van der Waals surface area contributed by atoms with E-state index in [2.05, 4.69) is 20.9 Å². The van der Waals surface area contributed by atoms with E-state index >= 15 is 0 Å². The molecule has 0 aromatic carbocycles. The van der Waals surface area contributed by atoms with E-state index in [9.17, 15) is 0 Å². The summed E-state index contributed by atoms with van der Waals surface area (Å²) < 4.78 is 2.48. The van der Waals surface area contributed by atoms with Crippen molar-refractivity contribution < 1.29 is 0 Å². The minimum Gasteiger partial charge on any atom is -0.293 e. The second-order valence-corrected chi connectivity index (χ2v) is 3.01. The Balaban J connectivity index is 2.94. The van der Waals surface area contributed by atoms with Crippen molar-refractivity contribution in [1.82, 2.24) is 9.38 Å². The predicted octanol–water partition coefficient (Wildman–Crippen LogP) is 1.97. The molecule has 0 spiro atoms. The van der Waals surface area contributed by atoms with Crippen molar-refractivity contribution in [1.29, 1.82) is 5.26 Å². The highest BCUT2D eigenvalue weighted by Gasteiger charge is 2.05. The van der Waals surface area contributed by atoms with Gasteiger partial charge in [0, 0.05) is 6.20 Å². The number of halogens is 1. The normalized spacial score (nSPS) is 10.0. The van der Waals surface area contributed by atoms with Crippen LogP contribution in [-0.4, -0.2) is 9.38 Å². The number of pyridine rings is 1. The van der Waals surface area contributed by atoms with Crippen LogP contribution in [0.2, 0.25) is 0 Å². The molecule has 0 atom stereocenters. The fourth-order valence-corrected chi connectivity index (χ4v) is 1.57. The van der Waals surface area contributed by atoms with E-state index < -0.39 is 0 Å². The molecule has 0 amide bonds. The third-order valence-corrected chi connectivity index (χ3v) is 2.17. The van der Waals surface area contributed by atoms with Crippen LogP contribution in [0.25, 0.3) is 5.52 Å². The molecule has 0 aliphatic rings. The molecule has 4 heteroatoms. The van der Waals surface area contributed by atoms with Crippen molar-refractivity contribution in [2.75, 3.05) is 0 Å². The van der Waals surface area contributed by atoms with Gasteiger partial charge in [0.2, 0.25) is 0 Å². The van der Waals surface area contributed by atoms with Gasteiger partial charge in [-0.2, -0.15) is 5.26 Å². The molecule has 0 radical (unpaired) electrons. The Bertz CT molecular complexity index is 467. The van der Waals surface area contributed by atoms with Gasteiger partial charge in [0.15, 0.2) is 10.4 Å². The van der Waals surface area contributed by atoms with Crippen LogP contribution in [0.4, 0.5) is 0 Å². The minimum absolute atomic E-state index is 0.447. The lowest BCUT2D eigenvalue weighted by Crippen LogP contribution is -1.81. The Morgan fingerprint density at radius 3 is 3.08 bits per heavy atom. The van der Waals surface area contributed by atoms with Crippen LogP contribution in [0.1, 0.15) is 5.69 Å². The van der Waals surface area contributed by atoms with E-state index in [-0.39, 0.29) is 0 Å². The molecular weight excluding hydrogens is 218 g/mol. The Hall–Kier alpha value is -1.34. The average molecular weight is 222 g/mol. The molecule has 58 valence electrons. The molecule has 0 N–H and O–H groups in total. The predicted molar refractivity (Wildman–Crippen MR) is 47.6 cm³/mol. The maximum atomic E-state index is 8.70. The van der Waals surface area contributed by atoms with E-state index in [1.807, 2.05) is 34.9 Å². The van der Waals surface area contributed by atoms with Crippen molar-refractivity contribution in [3.63, 3.8) is 0 Å². The lowest BCUT2D eigenvalue weighted by Gasteiger charge is -1.91. The number of aromatic nitrogens is 2. The number of hydrogen-bond acceptors (Lipinski definition) is 2. The SMILES string of the molecule is N#Cc1nc(Br)n2ccccc12. The largest absolute Gasteiger partial charge is 0.293 e. The molecule has 0 aliphatic carbocycles. The monoisotopic (exact) mass is 221 g/mol. The number of nitrogens with zero attached hydrogens (tertiary/aromatic N) is 3. The summed E-state index contributed by atoms with van der Waals surface area (Å²) in [7, 11) is 0. The first kappa shape index (κ1) is 7.32. The average Bonchev–Trinajstić information content (AvgIpc) is 2.44. The molecule has 12 heavy (non-hydrogen) atoms. The summed E-state index contributed by atoms with van der Waals surface area (Å²) in [4.78, 5) is 4.03. The van der Waals surface area contributed by atoms with E-state index in [4.69, 9.17) is 5.26 Å². The molecule has 3 nitrogen and oxygen atoms in total. The summed E-state index contributed by atoms with van der Waals surface area (Å²) in [5, 5.41) is 8.70. The van der Waals surface area contributed by atoms with Crippen molar-refractivity contribution in [2.45, 2.75) is 0 Å². The fourth-order valence-electron chi connectivity index (χ4n) is 1.08. The molecule has 0 unspecified atom stereocenters. The summed E-state index contributed by atoms with van der Waals surface area (Å²) in [6, 6.07) is 7.66. The highest BCUT2D eigenvalue weighted by Crippen LogP contribution is 2.15. The maximum absolute atomic E-state index is 8.70. The van der Waals surface area contributed by atoms with Crippen LogP contribution >= 0.6 is 15.9 Å². The van der Waals surface area contributed by atoms with Gasteiger partial charge in [-0.15, -0.1) is 0 Å². The summed E-state index contributed by atoms with van der Waals surface area (Å²) in [5.74, 6) is 0. The zero-order valence-corrected chi connectivity index (χ0v) is 7.62. The third-order valence-electron chi connectivity index (χ3n) is 1.61. The second kappa shape index (κ2) is 2.61. The summed E-state index contributed by atoms with van der Waals surface area (Å²) >= 11 is 3.26. The first-order valence-corrected chi connectivity index (χ1v) is 4.15. The van der Waals surface area contributed by atoms with Gasteiger partial charge in [-0.1, -0.05) is 6.07 Å². The van der Waals surface area contributed by atoms with Gasteiger partial charge in [-0.25, -0.2) is 4.98 Å². The fraction of sp³-hybridized carbons (Fsp3) is 0. The van der Waals surface area contributed by atoms with E-state index in [0.29, 0.717) is 10.4 Å². The van der Waals surface area contributed by atoms with Crippen molar-refractivity contribution in [2.24, 2.45) is 0 Å². The van der Waals surface area contributed by atoms with Crippen molar-refractivity contribution >= 4 is 21.4 Å². The summed E-state index contributed by atoms with van der Waals surface area (Å²) in [6.07, 6.45) is 1.85. The van der Waals surface area contributed by atoms with Gasteiger partial charge in [-0.3, -0.25) is 4.40 Å². The quantitative estimate of drug-likeness (QED) is 0.683. The molecule has 0 aliphatic heterocycles. The molecule has 0 bridgehead atoms. The van der Waals surface area contributed by atoms with Crippen LogP contribution in [0.5, 0.6) is 0 Å². The van der Waals surface area contributed by atoms with Gasteiger partial charge in [0.1, 0.15) is 6.07 Å². The lowest BCUT2D eigenvalue weighted by atomic mass is 10.3. The number of imidazole rings is 1. The van der Waals surface area contributed by atoms with Crippen LogP contribution in [0.15, 0.2) is 29.1 Å². The molecule has 2 heterocycles. The van der Waals surface area contributed by atoms with Gasteiger partial charge in [0.05, 0.1) is 5.52 Å². The first-order valence-electron chi connectivity index (χ1n) is 3.35. The van der Waals surface area contributed by atoms with E-state index in [0.717, 1.165) is 5.52 Å². The zero-order chi connectivity index (χ0) is 8.55. The molecule has 0 saturated carbocycles. The van der Waals surface area contributed by atoms with Gasteiger partial charge in [-0.05, 0) is 28.1 Å². The zero-order valence-electron chi connectivity index (χ0n) is 6.03. The Labute approximate surface area is 77.4 Å². The number of rotatable bonds is 0. The van der Waals surface area contributed by atoms with E-state index in [1.54, 1.807) is 0 Å². The van der Waals surface area contributed by atoms with Gasteiger partial charge < -0.3 is 0 Å². The minimum atomic E-state index is 0.447. The summed E-state index contributed by atoms with van der Waals surface area (Å²) in [6.45, 7) is 0. The van der Waals surface area contributed by atoms with Crippen molar-refractivity contribution in [3.8, 4) is 6.07 Å². The van der Waals surface area contributed by atoms with Gasteiger partial charge >= 0.3 is 0 Å². The number of hydrogen-bond donors (Lipinski definition) is 0. The molecule has 2 aromatic heterocycles. The topological polar surface area (TPSA) is 41.1 Å². The van der Waals surface area contributed by atoms with Crippen LogP contribution in [0, 0.1) is 11.3 Å². The molecule has 2 rings (SSSR count). The standard InChI is InChI=1S/C8H4BrN3/c9-8-11-6(5-10)7-3-1-2-4-12(7)8/h1-4H. The highest BCUT2D eigenvalue weighted by atomic mass is 79.9. The Morgan fingerprint density at radius 2 is 2.33 bits per heavy atom. The van der Waals surface area contributed by atoms with Crippen LogP contribution in [0.3, 0.4) is 0 Å². The molecule has 2 aromatic rings. The second-order valence-electron chi connectivity index (χ2n) is 2.30. The lowest BCUT2D eigenvalue weighted by molar-refractivity contribution is 1.10. The number of fused-ring (bicyclic) bond motifs is 1. The Kier molecular flexibility index (Phi) is 1.59. The number of nitriles is 1. The molecular formula is C8H4BrN3. The highest BCUT2D eigenvalue weighted by molar-refractivity contribution is 9.10. The summed E-state index contributed by atoms with van der Waals surface area (Å²) in [5.41, 5.74) is 1.27. The first-order chi connectivity index (χ1) is 5.83. The van der Waals surface area contributed by atoms with Crippen LogP contribution in [-0.2, 0) is 0 Å². The third kappa shape index (κ3) is 0.908. The van der Waals surface area contributed by atoms with Crippen LogP contribution < -0.4 is 0 Å². The van der Waals surface area contributed by atoms with Crippen molar-refractivity contribution in [3.05, 3.63) is 34.8 Å².